The summed E-state index contributed by atoms with van der Waals surface area (Å²) in [4.78, 5) is 12.0. The van der Waals surface area contributed by atoms with E-state index < -0.39 is 0 Å². The highest BCUT2D eigenvalue weighted by Crippen LogP contribution is 2.56. The van der Waals surface area contributed by atoms with E-state index in [0.29, 0.717) is 5.41 Å². The van der Waals surface area contributed by atoms with E-state index in [1.165, 1.54) is 38.5 Å². The van der Waals surface area contributed by atoms with Crippen LogP contribution in [-0.4, -0.2) is 11.8 Å². The van der Waals surface area contributed by atoms with E-state index >= 15 is 0 Å². The monoisotopic (exact) mass is 237 g/mol. The third-order valence-electron chi connectivity index (χ3n) is 4.95. The molecule has 2 fully saturated rings. The van der Waals surface area contributed by atoms with Crippen LogP contribution in [-0.2, 0) is 4.79 Å². The molecule has 2 aliphatic carbocycles. The van der Waals surface area contributed by atoms with E-state index in [9.17, 15) is 4.79 Å². The lowest BCUT2D eigenvalue weighted by Crippen LogP contribution is -2.39. The Hall–Kier alpha value is -0.370. The summed E-state index contributed by atoms with van der Waals surface area (Å²) in [6.45, 7) is 5.90. The Bertz CT molecular complexity index is 295. The SMILES string of the molecule is CC(C)(C)C(=O)C(N)CCC12CCC(CC1)C2. The first kappa shape index (κ1) is 13.1. The number of Topliss-reactive ketones (excluding diaryl/α,β-unsaturated/α-hetero) is 1. The molecule has 2 nitrogen and oxygen atoms in total. The van der Waals surface area contributed by atoms with Crippen molar-refractivity contribution >= 4 is 5.78 Å². The molecule has 0 heterocycles. The molecule has 2 saturated carbocycles. The van der Waals surface area contributed by atoms with Crippen molar-refractivity contribution in [3.63, 3.8) is 0 Å². The van der Waals surface area contributed by atoms with Gasteiger partial charge in [-0.15, -0.1) is 0 Å². The summed E-state index contributed by atoms with van der Waals surface area (Å²) in [5, 5.41) is 0. The predicted octanol–water partition coefficient (Wildman–Crippen LogP) is 3.29. The summed E-state index contributed by atoms with van der Waals surface area (Å²) in [7, 11) is 0. The molecule has 0 aromatic heterocycles. The lowest BCUT2D eigenvalue weighted by molar-refractivity contribution is -0.127. The van der Waals surface area contributed by atoms with Crippen LogP contribution in [0.2, 0.25) is 0 Å². The average molecular weight is 237 g/mol. The summed E-state index contributed by atoms with van der Waals surface area (Å²) >= 11 is 0. The van der Waals surface area contributed by atoms with Gasteiger partial charge in [-0.05, 0) is 56.3 Å². The van der Waals surface area contributed by atoms with Crippen LogP contribution in [0.4, 0.5) is 0 Å². The molecule has 0 saturated heterocycles. The molecule has 0 radical (unpaired) electrons. The number of hydrogen-bond donors (Lipinski definition) is 1. The van der Waals surface area contributed by atoms with Gasteiger partial charge in [-0.3, -0.25) is 4.79 Å². The van der Waals surface area contributed by atoms with Crippen molar-refractivity contribution in [2.75, 3.05) is 0 Å². The summed E-state index contributed by atoms with van der Waals surface area (Å²) in [6, 6.07) is -0.246. The molecule has 2 N–H and O–H groups in total. The second-order valence-corrected chi connectivity index (χ2v) is 7.41. The minimum Gasteiger partial charge on any atom is -0.321 e. The fourth-order valence-electron chi connectivity index (χ4n) is 3.81. The molecule has 0 aromatic carbocycles. The van der Waals surface area contributed by atoms with Crippen molar-refractivity contribution in [2.45, 2.75) is 71.8 Å². The number of carbonyl (C=O) groups is 1. The van der Waals surface area contributed by atoms with Crippen LogP contribution in [0.1, 0.15) is 65.7 Å². The molecule has 1 atom stereocenters. The molecule has 98 valence electrons. The normalized spacial score (nSPS) is 34.0. The summed E-state index contributed by atoms with van der Waals surface area (Å²) in [6.07, 6.45) is 9.08. The van der Waals surface area contributed by atoms with E-state index in [2.05, 4.69) is 0 Å². The topological polar surface area (TPSA) is 43.1 Å². The Morgan fingerprint density at radius 1 is 1.35 bits per heavy atom. The highest BCUT2D eigenvalue weighted by molar-refractivity contribution is 5.88. The van der Waals surface area contributed by atoms with Gasteiger partial charge in [0.25, 0.3) is 0 Å². The van der Waals surface area contributed by atoms with Gasteiger partial charge in [0.15, 0.2) is 5.78 Å². The zero-order chi connectivity index (χ0) is 12.7. The Kier molecular flexibility index (Phi) is 3.37. The van der Waals surface area contributed by atoms with Crippen molar-refractivity contribution in [3.05, 3.63) is 0 Å². The Labute approximate surface area is 105 Å². The zero-order valence-corrected chi connectivity index (χ0v) is 11.6. The molecule has 2 aliphatic rings. The van der Waals surface area contributed by atoms with Crippen LogP contribution in [0, 0.1) is 16.7 Å². The molecule has 0 spiro atoms. The number of nitrogens with two attached hydrogens (primary N) is 1. The van der Waals surface area contributed by atoms with Crippen molar-refractivity contribution < 1.29 is 4.79 Å². The van der Waals surface area contributed by atoms with Crippen molar-refractivity contribution in [3.8, 4) is 0 Å². The summed E-state index contributed by atoms with van der Waals surface area (Å²) in [5.41, 5.74) is 6.34. The number of fused-ring (bicyclic) bond motifs is 2. The molecule has 2 bridgehead atoms. The Morgan fingerprint density at radius 3 is 2.35 bits per heavy atom. The minimum atomic E-state index is -0.287. The fraction of sp³-hybridized carbons (Fsp3) is 0.933. The van der Waals surface area contributed by atoms with Gasteiger partial charge in [0.1, 0.15) is 0 Å². The maximum atomic E-state index is 12.0. The highest BCUT2D eigenvalue weighted by atomic mass is 16.1. The van der Waals surface area contributed by atoms with Crippen LogP contribution in [0.15, 0.2) is 0 Å². The standard InChI is InChI=1S/C15H27NO/c1-14(2,3)13(17)12(16)6-9-15-7-4-11(10-15)5-8-15/h11-12H,4-10,16H2,1-3H3. The van der Waals surface area contributed by atoms with Crippen LogP contribution in [0.5, 0.6) is 0 Å². The third kappa shape index (κ3) is 2.73. The largest absolute Gasteiger partial charge is 0.321 e. The molecular formula is C15H27NO. The summed E-state index contributed by atoms with van der Waals surface area (Å²) < 4.78 is 0. The minimum absolute atomic E-state index is 0.224. The number of ketones is 1. The fourth-order valence-corrected chi connectivity index (χ4v) is 3.81. The van der Waals surface area contributed by atoms with Crippen molar-refractivity contribution in [2.24, 2.45) is 22.5 Å². The molecule has 1 unspecified atom stereocenters. The molecule has 0 amide bonds. The molecule has 17 heavy (non-hydrogen) atoms. The van der Waals surface area contributed by atoms with Gasteiger partial charge in [-0.25, -0.2) is 0 Å². The van der Waals surface area contributed by atoms with Gasteiger partial charge in [-0.2, -0.15) is 0 Å². The smallest absolute Gasteiger partial charge is 0.154 e. The number of rotatable bonds is 4. The van der Waals surface area contributed by atoms with Gasteiger partial charge in [0, 0.05) is 5.41 Å². The zero-order valence-electron chi connectivity index (χ0n) is 11.6. The Balaban J connectivity index is 1.84. The maximum absolute atomic E-state index is 12.0. The lowest BCUT2D eigenvalue weighted by Gasteiger charge is -2.29. The highest BCUT2D eigenvalue weighted by Gasteiger charge is 2.44. The predicted molar refractivity (Wildman–Crippen MR) is 70.7 cm³/mol. The average Bonchev–Trinajstić information content (AvgIpc) is 2.84. The first-order chi connectivity index (χ1) is 7.82. The molecule has 0 aliphatic heterocycles. The first-order valence-electron chi connectivity index (χ1n) is 7.12. The van der Waals surface area contributed by atoms with Crippen LogP contribution < -0.4 is 5.73 Å². The van der Waals surface area contributed by atoms with Gasteiger partial charge in [0.05, 0.1) is 6.04 Å². The van der Waals surface area contributed by atoms with Crippen molar-refractivity contribution in [1.82, 2.24) is 0 Å². The molecule has 0 aromatic rings. The third-order valence-corrected chi connectivity index (χ3v) is 4.95. The van der Waals surface area contributed by atoms with Crippen LogP contribution >= 0.6 is 0 Å². The second kappa shape index (κ2) is 4.38. The van der Waals surface area contributed by atoms with Gasteiger partial charge in [0.2, 0.25) is 0 Å². The molecule has 2 heteroatoms. The van der Waals surface area contributed by atoms with E-state index in [1.807, 2.05) is 20.8 Å². The Morgan fingerprint density at radius 2 is 1.94 bits per heavy atom. The van der Waals surface area contributed by atoms with Gasteiger partial charge < -0.3 is 5.73 Å². The van der Waals surface area contributed by atoms with Crippen LogP contribution in [0.3, 0.4) is 0 Å². The van der Waals surface area contributed by atoms with E-state index in [0.717, 1.165) is 12.3 Å². The molecular weight excluding hydrogens is 210 g/mol. The quantitative estimate of drug-likeness (QED) is 0.815. The lowest BCUT2D eigenvalue weighted by atomic mass is 9.77. The second-order valence-electron chi connectivity index (χ2n) is 7.41. The van der Waals surface area contributed by atoms with Gasteiger partial charge in [-0.1, -0.05) is 20.8 Å². The van der Waals surface area contributed by atoms with Crippen molar-refractivity contribution in [1.29, 1.82) is 0 Å². The number of carbonyl (C=O) groups excluding carboxylic acids is 1. The summed E-state index contributed by atoms with van der Waals surface area (Å²) in [5.74, 6) is 1.21. The molecule has 2 rings (SSSR count). The van der Waals surface area contributed by atoms with Gasteiger partial charge >= 0.3 is 0 Å². The van der Waals surface area contributed by atoms with E-state index in [1.54, 1.807) is 0 Å². The maximum Gasteiger partial charge on any atom is 0.154 e. The first-order valence-corrected chi connectivity index (χ1v) is 7.12. The van der Waals surface area contributed by atoms with E-state index in [4.69, 9.17) is 5.73 Å². The number of hydrogen-bond acceptors (Lipinski definition) is 2. The van der Waals surface area contributed by atoms with Crippen LogP contribution in [0.25, 0.3) is 0 Å². The van der Waals surface area contributed by atoms with E-state index in [-0.39, 0.29) is 17.2 Å².